The number of rotatable bonds is 7. The Morgan fingerprint density at radius 3 is 2.55 bits per heavy atom. The number of nitrogens with zero attached hydrogens (tertiary/aromatic N) is 3. The van der Waals surface area contributed by atoms with Crippen molar-refractivity contribution in [1.29, 1.82) is 0 Å². The number of hydrogen-bond donors (Lipinski definition) is 1. The van der Waals surface area contributed by atoms with Gasteiger partial charge in [-0.3, -0.25) is 9.48 Å². The summed E-state index contributed by atoms with van der Waals surface area (Å²) in [7, 11) is -3.88. The van der Waals surface area contributed by atoms with E-state index in [1.54, 1.807) is 4.68 Å². The van der Waals surface area contributed by atoms with Crippen molar-refractivity contribution < 1.29 is 31.8 Å². The van der Waals surface area contributed by atoms with Gasteiger partial charge in [-0.1, -0.05) is 19.1 Å². The van der Waals surface area contributed by atoms with Crippen LogP contribution < -0.4 is 4.74 Å². The Bertz CT molecular complexity index is 1290. The van der Waals surface area contributed by atoms with Gasteiger partial charge in [-0.05, 0) is 48.7 Å². The van der Waals surface area contributed by atoms with E-state index in [0.29, 0.717) is 5.69 Å². The predicted octanol–water partition coefficient (Wildman–Crippen LogP) is 3.45. The third-order valence-corrected chi connectivity index (χ3v) is 7.64. The normalized spacial score (nSPS) is 19.4. The molecule has 0 aliphatic carbocycles. The average Bonchev–Trinajstić information content (AvgIpc) is 3.28. The average molecular weight is 480 g/mol. The summed E-state index contributed by atoms with van der Waals surface area (Å²) in [6.07, 6.45) is -0.233. The number of benzene rings is 2. The Morgan fingerprint density at radius 1 is 1.21 bits per heavy atom. The van der Waals surface area contributed by atoms with Crippen LogP contribution in [0.4, 0.5) is 8.78 Å². The minimum atomic E-state index is -3.88. The van der Waals surface area contributed by atoms with E-state index in [1.165, 1.54) is 28.6 Å². The predicted molar refractivity (Wildman–Crippen MR) is 116 cm³/mol. The van der Waals surface area contributed by atoms with Crippen molar-refractivity contribution in [3.63, 3.8) is 0 Å². The van der Waals surface area contributed by atoms with Crippen LogP contribution in [0.2, 0.25) is 0 Å². The number of carboxylic acids is 1. The summed E-state index contributed by atoms with van der Waals surface area (Å²) in [5.74, 6) is -1.21. The number of aliphatic carboxylic acids is 1. The van der Waals surface area contributed by atoms with Gasteiger partial charge in [0.25, 0.3) is 0 Å². The molecule has 1 aliphatic heterocycles. The van der Waals surface area contributed by atoms with Gasteiger partial charge in [0, 0.05) is 18.5 Å². The molecule has 1 aromatic heterocycles. The molecule has 2 aromatic carbocycles. The second-order valence-electron chi connectivity index (χ2n) is 8.20. The lowest BCUT2D eigenvalue weighted by Gasteiger charge is -2.18. The largest absolute Gasteiger partial charge is 0.481 e. The highest BCUT2D eigenvalue weighted by molar-refractivity contribution is 7.89. The van der Waals surface area contributed by atoms with Crippen molar-refractivity contribution in [1.82, 2.24) is 14.1 Å². The van der Waals surface area contributed by atoms with E-state index in [4.69, 9.17) is 0 Å². The fourth-order valence-corrected chi connectivity index (χ4v) is 5.76. The second kappa shape index (κ2) is 8.71. The third-order valence-electron chi connectivity index (χ3n) is 5.80. The quantitative estimate of drug-likeness (QED) is 0.557. The minimum Gasteiger partial charge on any atom is -0.481 e. The van der Waals surface area contributed by atoms with E-state index in [2.05, 4.69) is 9.84 Å². The number of hydrogen-bond acceptors (Lipinski definition) is 5. The van der Waals surface area contributed by atoms with Crippen LogP contribution in [0, 0.1) is 12.8 Å². The van der Waals surface area contributed by atoms with Crippen LogP contribution in [0.1, 0.15) is 24.2 Å². The highest BCUT2D eigenvalue weighted by Gasteiger charge is 2.39. The fraction of sp³-hybridized carbons (Fsp3) is 0.364. The Morgan fingerprint density at radius 2 is 1.91 bits per heavy atom. The summed E-state index contributed by atoms with van der Waals surface area (Å²) in [6.45, 7) is 1.23. The SMILES string of the molecule is Cc1ccc2c(CC(=O)O)nn([C@H]3CN(S(=O)(=O)c4ccc(OC(F)F)cc4)C[C@H]3C)c2c1. The van der Waals surface area contributed by atoms with Crippen LogP contribution in [0.3, 0.4) is 0 Å². The van der Waals surface area contributed by atoms with Crippen molar-refractivity contribution in [2.24, 2.45) is 5.92 Å². The van der Waals surface area contributed by atoms with E-state index in [0.717, 1.165) is 16.5 Å². The zero-order chi connectivity index (χ0) is 23.9. The molecule has 0 spiro atoms. The standard InChI is InChI=1S/C22H23F2N3O5S/c1-13-3-8-17-18(10-21(28)29)25-27(19(17)9-13)20-12-26(11-14(20)2)33(30,31)16-6-4-15(5-7-16)32-22(23)24/h3-9,14,20,22H,10-12H2,1-2H3,(H,28,29)/t14-,20+/m1/s1. The van der Waals surface area contributed by atoms with Gasteiger partial charge in [-0.2, -0.15) is 18.2 Å². The number of halogens is 2. The lowest BCUT2D eigenvalue weighted by Crippen LogP contribution is -2.29. The summed E-state index contributed by atoms with van der Waals surface area (Å²) >= 11 is 0. The van der Waals surface area contributed by atoms with E-state index >= 15 is 0 Å². The minimum absolute atomic E-state index is 0.0234. The summed E-state index contributed by atoms with van der Waals surface area (Å²) in [5.41, 5.74) is 2.17. The highest BCUT2D eigenvalue weighted by atomic mass is 32.2. The smallest absolute Gasteiger partial charge is 0.387 e. The number of aryl methyl sites for hydroxylation is 1. The number of aromatic nitrogens is 2. The Balaban J connectivity index is 1.64. The molecular weight excluding hydrogens is 456 g/mol. The van der Waals surface area contributed by atoms with Gasteiger partial charge in [0.15, 0.2) is 0 Å². The van der Waals surface area contributed by atoms with Crippen LogP contribution >= 0.6 is 0 Å². The fourth-order valence-electron chi connectivity index (χ4n) is 4.20. The highest BCUT2D eigenvalue weighted by Crippen LogP contribution is 2.35. The molecule has 0 bridgehead atoms. The first kappa shape index (κ1) is 23.1. The van der Waals surface area contributed by atoms with E-state index < -0.39 is 22.6 Å². The molecule has 11 heteroatoms. The molecule has 1 aliphatic rings. The Kier molecular flexibility index (Phi) is 6.10. The molecule has 33 heavy (non-hydrogen) atoms. The van der Waals surface area contributed by atoms with E-state index in [-0.39, 0.29) is 42.1 Å². The Hall–Kier alpha value is -3.05. The van der Waals surface area contributed by atoms with Crippen LogP contribution in [0.5, 0.6) is 5.75 Å². The van der Waals surface area contributed by atoms with E-state index in [1.807, 2.05) is 32.0 Å². The Labute approximate surface area is 189 Å². The lowest BCUT2D eigenvalue weighted by atomic mass is 10.1. The van der Waals surface area contributed by atoms with Crippen LogP contribution in [0.15, 0.2) is 47.4 Å². The van der Waals surface area contributed by atoms with Crippen LogP contribution in [-0.4, -0.2) is 53.3 Å². The van der Waals surface area contributed by atoms with Crippen molar-refractivity contribution in [3.8, 4) is 5.75 Å². The first-order valence-corrected chi connectivity index (χ1v) is 11.7. The molecule has 0 saturated carbocycles. The molecule has 0 unspecified atom stereocenters. The maximum Gasteiger partial charge on any atom is 0.387 e. The van der Waals surface area contributed by atoms with Gasteiger partial charge in [-0.15, -0.1) is 0 Å². The van der Waals surface area contributed by atoms with E-state index in [9.17, 15) is 27.1 Å². The van der Waals surface area contributed by atoms with Gasteiger partial charge in [0.1, 0.15) is 5.75 Å². The van der Waals surface area contributed by atoms with Gasteiger partial charge in [0.05, 0.1) is 28.6 Å². The summed E-state index contributed by atoms with van der Waals surface area (Å²) in [4.78, 5) is 11.3. The number of fused-ring (bicyclic) bond motifs is 1. The lowest BCUT2D eigenvalue weighted by molar-refractivity contribution is -0.136. The van der Waals surface area contributed by atoms with Crippen molar-refractivity contribution in [2.75, 3.05) is 13.1 Å². The van der Waals surface area contributed by atoms with Crippen LogP contribution in [0.25, 0.3) is 10.9 Å². The number of alkyl halides is 2. The monoisotopic (exact) mass is 479 g/mol. The number of ether oxygens (including phenoxy) is 1. The maximum absolute atomic E-state index is 13.2. The number of carbonyl (C=O) groups is 1. The summed E-state index contributed by atoms with van der Waals surface area (Å²) in [5, 5.41) is 14.5. The number of sulfonamides is 1. The topological polar surface area (TPSA) is 102 Å². The van der Waals surface area contributed by atoms with Crippen LogP contribution in [-0.2, 0) is 21.2 Å². The molecule has 1 N–H and O–H groups in total. The maximum atomic E-state index is 13.2. The van der Waals surface area contributed by atoms with Gasteiger partial charge >= 0.3 is 12.6 Å². The van der Waals surface area contributed by atoms with Gasteiger partial charge < -0.3 is 9.84 Å². The first-order chi connectivity index (χ1) is 15.6. The molecule has 0 radical (unpaired) electrons. The van der Waals surface area contributed by atoms with Gasteiger partial charge in [0.2, 0.25) is 10.0 Å². The first-order valence-electron chi connectivity index (χ1n) is 10.3. The summed E-state index contributed by atoms with van der Waals surface area (Å²) < 4.78 is 58.5. The van der Waals surface area contributed by atoms with Crippen molar-refractivity contribution >= 4 is 26.9 Å². The summed E-state index contributed by atoms with van der Waals surface area (Å²) in [6, 6.07) is 10.2. The molecule has 8 nitrogen and oxygen atoms in total. The molecule has 1 fully saturated rings. The molecular formula is C22H23F2N3O5S. The van der Waals surface area contributed by atoms with Gasteiger partial charge in [-0.25, -0.2) is 8.42 Å². The third kappa shape index (κ3) is 4.55. The van der Waals surface area contributed by atoms with Crippen molar-refractivity contribution in [2.45, 2.75) is 37.8 Å². The molecule has 1 saturated heterocycles. The molecule has 2 heterocycles. The van der Waals surface area contributed by atoms with Crippen molar-refractivity contribution in [3.05, 3.63) is 53.7 Å². The number of carboxylic acid groups (broad SMARTS) is 1. The molecule has 176 valence electrons. The molecule has 0 amide bonds. The molecule has 2 atom stereocenters. The second-order valence-corrected chi connectivity index (χ2v) is 10.1. The zero-order valence-corrected chi connectivity index (χ0v) is 18.8. The molecule has 4 rings (SSSR count). The molecule has 3 aromatic rings. The zero-order valence-electron chi connectivity index (χ0n) is 18.0.